The molecule has 2 N–H and O–H groups in total. The Morgan fingerprint density at radius 1 is 0.830 bits per heavy atom. The molecule has 0 radical (unpaired) electrons. The number of hydrogen-bond acceptors (Lipinski definition) is 6. The maximum Gasteiger partial charge on any atom is 0.261 e. The van der Waals surface area contributed by atoms with Crippen LogP contribution in [-0.2, 0) is 37.3 Å². The summed E-state index contributed by atoms with van der Waals surface area (Å²) in [5.74, 6) is -1.56. The van der Waals surface area contributed by atoms with Crippen molar-refractivity contribution in [1.29, 1.82) is 0 Å². The van der Waals surface area contributed by atoms with Crippen molar-refractivity contribution in [2.45, 2.75) is 37.2 Å². The summed E-state index contributed by atoms with van der Waals surface area (Å²) in [6, 6.07) is 24.4. The van der Waals surface area contributed by atoms with Gasteiger partial charge in [-0.15, -0.1) is 0 Å². The summed E-state index contributed by atoms with van der Waals surface area (Å²) in [5, 5.41) is 2.91. The Kier molecular flexibility index (Phi) is 12.8. The molecule has 248 valence electrons. The average molecular weight is 666 g/mol. The van der Waals surface area contributed by atoms with Gasteiger partial charge >= 0.3 is 0 Å². The van der Waals surface area contributed by atoms with Gasteiger partial charge in [-0.3, -0.25) is 14.3 Å². The minimum atomic E-state index is -3.97. The molecular formula is C35H37F2N3O6S. The van der Waals surface area contributed by atoms with Gasteiger partial charge in [0.25, 0.3) is 15.9 Å². The van der Waals surface area contributed by atoms with Crippen LogP contribution in [0.3, 0.4) is 0 Å². The lowest BCUT2D eigenvalue weighted by atomic mass is 10.0. The molecule has 0 aromatic heterocycles. The van der Waals surface area contributed by atoms with Gasteiger partial charge in [0.1, 0.15) is 23.4 Å². The molecule has 47 heavy (non-hydrogen) atoms. The van der Waals surface area contributed by atoms with E-state index in [0.29, 0.717) is 31.7 Å². The fraction of sp³-hybridized carbons (Fsp3) is 0.257. The zero-order chi connectivity index (χ0) is 33.6. The van der Waals surface area contributed by atoms with E-state index < -0.39 is 40.2 Å². The molecule has 0 saturated carbocycles. The van der Waals surface area contributed by atoms with Crippen LogP contribution in [-0.4, -0.2) is 57.5 Å². The Labute approximate surface area is 273 Å². The molecule has 4 aromatic rings. The van der Waals surface area contributed by atoms with Crippen LogP contribution in [0.5, 0.6) is 5.75 Å². The van der Waals surface area contributed by atoms with Crippen LogP contribution in [0.2, 0.25) is 0 Å². The summed E-state index contributed by atoms with van der Waals surface area (Å²) >= 11 is 0. The van der Waals surface area contributed by atoms with Crippen molar-refractivity contribution in [2.75, 3.05) is 31.1 Å². The summed E-state index contributed by atoms with van der Waals surface area (Å²) in [7, 11) is -3.97. The minimum absolute atomic E-state index is 0.0125. The van der Waals surface area contributed by atoms with E-state index >= 15 is 0 Å². The van der Waals surface area contributed by atoms with Crippen LogP contribution < -0.4 is 14.8 Å². The van der Waals surface area contributed by atoms with Gasteiger partial charge < -0.3 is 19.7 Å². The number of ether oxygens (including phenoxy) is 2. The van der Waals surface area contributed by atoms with Crippen LogP contribution in [0.25, 0.3) is 0 Å². The number of anilines is 1. The van der Waals surface area contributed by atoms with E-state index in [1.54, 1.807) is 12.1 Å². The summed E-state index contributed by atoms with van der Waals surface area (Å²) < 4.78 is 66.0. The molecule has 12 heteroatoms. The first-order valence-electron chi connectivity index (χ1n) is 15.1. The first-order valence-corrected chi connectivity index (χ1v) is 16.6. The van der Waals surface area contributed by atoms with Gasteiger partial charge in [-0.05, 0) is 85.1 Å². The zero-order valence-corrected chi connectivity index (χ0v) is 26.7. The van der Waals surface area contributed by atoms with Gasteiger partial charge in [0.2, 0.25) is 5.91 Å². The molecule has 4 aromatic carbocycles. The number of carbonyl (C=O) groups excluding carboxylic acids is 2. The van der Waals surface area contributed by atoms with Gasteiger partial charge in [0, 0.05) is 38.4 Å². The molecule has 2 amide bonds. The van der Waals surface area contributed by atoms with E-state index in [0.717, 1.165) is 17.7 Å². The minimum Gasteiger partial charge on any atom is -0.484 e. The fourth-order valence-corrected chi connectivity index (χ4v) is 5.72. The maximum absolute atomic E-state index is 13.8. The van der Waals surface area contributed by atoms with E-state index in [1.807, 2.05) is 37.3 Å². The van der Waals surface area contributed by atoms with Gasteiger partial charge in [-0.1, -0.05) is 42.5 Å². The third-order valence-electron chi connectivity index (χ3n) is 7.10. The number of carbonyl (C=O) groups is 2. The lowest BCUT2D eigenvalue weighted by Crippen LogP contribution is -2.52. The molecule has 1 atom stereocenters. The van der Waals surface area contributed by atoms with E-state index in [2.05, 4.69) is 10.0 Å². The topological polar surface area (TPSA) is 114 Å². The lowest BCUT2D eigenvalue weighted by molar-refractivity contribution is -0.142. The molecular weight excluding hydrogens is 628 g/mol. The van der Waals surface area contributed by atoms with Crippen LogP contribution in [0.4, 0.5) is 14.5 Å². The van der Waals surface area contributed by atoms with Crippen LogP contribution in [0.15, 0.2) is 108 Å². The summed E-state index contributed by atoms with van der Waals surface area (Å²) in [5.41, 5.74) is 1.65. The number of benzene rings is 4. The first kappa shape index (κ1) is 35.1. The summed E-state index contributed by atoms with van der Waals surface area (Å²) in [6.07, 6.45) is 0.816. The monoisotopic (exact) mass is 665 g/mol. The Morgan fingerprint density at radius 2 is 1.47 bits per heavy atom. The summed E-state index contributed by atoms with van der Waals surface area (Å²) in [4.78, 5) is 28.7. The second kappa shape index (κ2) is 17.2. The number of nitrogens with one attached hydrogen (secondary N) is 2. The predicted molar refractivity (Wildman–Crippen MR) is 174 cm³/mol. The fourth-order valence-electron chi connectivity index (χ4n) is 4.66. The number of rotatable bonds is 17. The summed E-state index contributed by atoms with van der Waals surface area (Å²) in [6.45, 7) is 2.84. The van der Waals surface area contributed by atoms with Gasteiger partial charge in [0.15, 0.2) is 6.61 Å². The van der Waals surface area contributed by atoms with Gasteiger partial charge in [-0.2, -0.15) is 0 Å². The Morgan fingerprint density at radius 3 is 2.11 bits per heavy atom. The van der Waals surface area contributed by atoms with Crippen molar-refractivity contribution in [3.05, 3.63) is 126 Å². The molecule has 0 aliphatic rings. The molecule has 0 aliphatic carbocycles. The van der Waals surface area contributed by atoms with Crippen LogP contribution in [0.1, 0.15) is 24.5 Å². The van der Waals surface area contributed by atoms with Gasteiger partial charge in [0.05, 0.1) is 4.90 Å². The lowest BCUT2D eigenvalue weighted by Gasteiger charge is -2.31. The number of amides is 2. The molecule has 0 aliphatic heterocycles. The van der Waals surface area contributed by atoms with E-state index in [1.165, 1.54) is 53.4 Å². The Bertz CT molecular complexity index is 1690. The largest absolute Gasteiger partial charge is 0.484 e. The van der Waals surface area contributed by atoms with Crippen LogP contribution in [0, 0.1) is 11.6 Å². The first-order chi connectivity index (χ1) is 22.6. The highest BCUT2D eigenvalue weighted by Gasteiger charge is 2.30. The Balaban J connectivity index is 1.51. The highest BCUT2D eigenvalue weighted by atomic mass is 32.2. The van der Waals surface area contributed by atoms with Crippen LogP contribution >= 0.6 is 0 Å². The molecule has 9 nitrogen and oxygen atoms in total. The SMILES string of the molecule is CCOCCCNC(=O)[C@@H](Cc1ccccc1)N(Cc1ccc(F)cc1)C(=O)COc1ccc(S(=O)(=O)Nc2ccc(F)cc2)cc1. The second-order valence-corrected chi connectivity index (χ2v) is 12.3. The van der Waals surface area contributed by atoms with Gasteiger partial charge in [-0.25, -0.2) is 17.2 Å². The second-order valence-electron chi connectivity index (χ2n) is 10.6. The van der Waals surface area contributed by atoms with Crippen molar-refractivity contribution in [3.8, 4) is 5.75 Å². The van der Waals surface area contributed by atoms with E-state index in [4.69, 9.17) is 9.47 Å². The van der Waals surface area contributed by atoms with Crippen molar-refractivity contribution in [3.63, 3.8) is 0 Å². The normalized spacial score (nSPS) is 11.8. The standard InChI is InChI=1S/C35H37F2N3O6S/c1-2-45-22-6-21-38-35(42)33(23-26-7-4-3-5-8-26)40(24-27-9-11-28(36)12-10-27)34(41)25-46-31-17-19-32(20-18-31)47(43,44)39-30-15-13-29(37)14-16-30/h3-5,7-20,33,39H,2,6,21-25H2,1H3,(H,38,42)/t33-/m1/s1. The highest BCUT2D eigenvalue weighted by molar-refractivity contribution is 7.92. The molecule has 0 spiro atoms. The van der Waals surface area contributed by atoms with Crippen molar-refractivity contribution >= 4 is 27.5 Å². The molecule has 4 rings (SSSR count). The molecule has 0 bridgehead atoms. The quantitative estimate of drug-likeness (QED) is 0.148. The molecule has 0 heterocycles. The third-order valence-corrected chi connectivity index (χ3v) is 8.50. The maximum atomic E-state index is 13.8. The smallest absolute Gasteiger partial charge is 0.261 e. The third kappa shape index (κ3) is 10.9. The molecule has 0 saturated heterocycles. The molecule has 0 fully saturated rings. The van der Waals surface area contributed by atoms with Crippen molar-refractivity contribution in [2.24, 2.45) is 0 Å². The van der Waals surface area contributed by atoms with E-state index in [-0.39, 0.29) is 35.2 Å². The molecule has 0 unspecified atom stereocenters. The Hall–Kier alpha value is -4.81. The zero-order valence-electron chi connectivity index (χ0n) is 25.9. The number of halogens is 2. The predicted octanol–water partition coefficient (Wildman–Crippen LogP) is 5.33. The van der Waals surface area contributed by atoms with Crippen molar-refractivity contribution in [1.82, 2.24) is 10.2 Å². The number of sulfonamides is 1. The highest BCUT2D eigenvalue weighted by Crippen LogP contribution is 2.21. The number of hydrogen-bond donors (Lipinski definition) is 2. The van der Waals surface area contributed by atoms with E-state index in [9.17, 15) is 26.8 Å². The number of nitrogens with zero attached hydrogens (tertiary/aromatic N) is 1. The average Bonchev–Trinajstić information content (AvgIpc) is 3.07. The van der Waals surface area contributed by atoms with Crippen molar-refractivity contribution < 1.29 is 36.3 Å².